The molecule has 0 saturated carbocycles. The standard InChI is InChI=1S/C28H33NO3S4/c1-28(35-15-16-36-28)18-24(25(30)13-8-14-32-19-22-11-6-3-7-12-22)26(31)29-23(20-34-27(29)33)17-21-9-4-2-5-10-21/h2-13,23-25,30H,14-20H2,1H3/b13-8+/t23-,24-,25+/m0/s1. The van der Waals surface area contributed by atoms with Crippen LogP contribution in [0.25, 0.3) is 0 Å². The van der Waals surface area contributed by atoms with E-state index in [0.717, 1.165) is 29.2 Å². The molecule has 3 atom stereocenters. The third-order valence-corrected chi connectivity index (χ3v) is 11.3. The van der Waals surface area contributed by atoms with Crippen LogP contribution in [-0.4, -0.2) is 60.3 Å². The SMILES string of the molecule is CC1(C[C@H](C(=O)N2C(=S)SC[C@@H]2Cc2ccccc2)[C@H](O)/C=C/COCc2ccccc2)SCCS1. The number of benzene rings is 2. The van der Waals surface area contributed by atoms with Crippen LogP contribution >= 0.6 is 47.5 Å². The molecule has 2 aromatic carbocycles. The molecule has 2 fully saturated rings. The highest BCUT2D eigenvalue weighted by atomic mass is 32.2. The van der Waals surface area contributed by atoms with Crippen molar-refractivity contribution in [1.82, 2.24) is 4.90 Å². The molecule has 0 aliphatic carbocycles. The Balaban J connectivity index is 1.44. The van der Waals surface area contributed by atoms with Crippen molar-refractivity contribution >= 4 is 57.7 Å². The molecule has 1 N–H and O–H groups in total. The van der Waals surface area contributed by atoms with Crippen LogP contribution < -0.4 is 0 Å². The molecule has 0 unspecified atom stereocenters. The van der Waals surface area contributed by atoms with E-state index in [0.29, 0.717) is 24.0 Å². The van der Waals surface area contributed by atoms with Gasteiger partial charge in [0.1, 0.15) is 4.32 Å². The fourth-order valence-electron chi connectivity index (χ4n) is 4.52. The van der Waals surface area contributed by atoms with Gasteiger partial charge in [-0.15, -0.1) is 23.5 Å². The highest BCUT2D eigenvalue weighted by Gasteiger charge is 2.43. The number of amides is 1. The second-order valence-corrected chi connectivity index (χ2v) is 14.3. The summed E-state index contributed by atoms with van der Waals surface area (Å²) in [7, 11) is 0. The van der Waals surface area contributed by atoms with Gasteiger partial charge in [0.25, 0.3) is 0 Å². The van der Waals surface area contributed by atoms with Gasteiger partial charge in [-0.05, 0) is 30.9 Å². The van der Waals surface area contributed by atoms with Gasteiger partial charge in [0.15, 0.2) is 0 Å². The third kappa shape index (κ3) is 7.62. The quantitative estimate of drug-likeness (QED) is 0.212. The Morgan fingerprint density at radius 1 is 1.14 bits per heavy atom. The minimum Gasteiger partial charge on any atom is -0.388 e. The lowest BCUT2D eigenvalue weighted by Gasteiger charge is -2.33. The van der Waals surface area contributed by atoms with Crippen LogP contribution in [0.3, 0.4) is 0 Å². The average molecular weight is 560 g/mol. The third-order valence-electron chi connectivity index (χ3n) is 6.39. The van der Waals surface area contributed by atoms with Gasteiger partial charge in [0, 0.05) is 17.3 Å². The molecule has 2 saturated heterocycles. The lowest BCUT2D eigenvalue weighted by atomic mass is 9.93. The summed E-state index contributed by atoms with van der Waals surface area (Å²) in [4.78, 5) is 15.8. The molecule has 0 bridgehead atoms. The van der Waals surface area contributed by atoms with E-state index in [-0.39, 0.29) is 16.0 Å². The maximum Gasteiger partial charge on any atom is 0.234 e. The molecular formula is C28H33NO3S4. The molecule has 2 aliphatic rings. The second-order valence-electron chi connectivity index (χ2n) is 9.19. The predicted octanol–water partition coefficient (Wildman–Crippen LogP) is 5.79. The van der Waals surface area contributed by atoms with Crippen LogP contribution in [0.4, 0.5) is 0 Å². The molecule has 2 heterocycles. The van der Waals surface area contributed by atoms with E-state index in [9.17, 15) is 9.90 Å². The number of hydrogen-bond donors (Lipinski definition) is 1. The van der Waals surface area contributed by atoms with Crippen LogP contribution in [0.1, 0.15) is 24.5 Å². The fraction of sp³-hybridized carbons (Fsp3) is 0.429. The van der Waals surface area contributed by atoms with Crippen molar-refractivity contribution in [1.29, 1.82) is 0 Å². The summed E-state index contributed by atoms with van der Waals surface area (Å²) in [6.45, 7) is 3.07. The Labute approximate surface area is 232 Å². The average Bonchev–Trinajstić information content (AvgIpc) is 3.48. The summed E-state index contributed by atoms with van der Waals surface area (Å²) >= 11 is 11.0. The fourth-order valence-corrected chi connectivity index (χ4v) is 8.90. The van der Waals surface area contributed by atoms with Crippen molar-refractivity contribution in [3.63, 3.8) is 0 Å². The van der Waals surface area contributed by atoms with Crippen LogP contribution in [0.2, 0.25) is 0 Å². The first-order chi connectivity index (χ1) is 17.5. The number of thioether (sulfide) groups is 3. The summed E-state index contributed by atoms with van der Waals surface area (Å²) in [5.74, 6) is 2.29. The maximum atomic E-state index is 14.0. The molecule has 2 aliphatic heterocycles. The second kappa shape index (κ2) is 13.5. The summed E-state index contributed by atoms with van der Waals surface area (Å²) in [6, 6.07) is 20.2. The van der Waals surface area contributed by atoms with Gasteiger partial charge in [-0.3, -0.25) is 9.69 Å². The molecule has 0 aromatic heterocycles. The molecule has 36 heavy (non-hydrogen) atoms. The van der Waals surface area contributed by atoms with Crippen LogP contribution in [0.5, 0.6) is 0 Å². The monoisotopic (exact) mass is 559 g/mol. The largest absolute Gasteiger partial charge is 0.388 e. The number of rotatable bonds is 11. The molecule has 4 nitrogen and oxygen atoms in total. The minimum absolute atomic E-state index is 0.00183. The minimum atomic E-state index is -0.901. The van der Waals surface area contributed by atoms with Crippen LogP contribution in [0.15, 0.2) is 72.8 Å². The van der Waals surface area contributed by atoms with E-state index in [2.05, 4.69) is 19.1 Å². The number of thiocarbonyl (C=S) groups is 1. The maximum absolute atomic E-state index is 14.0. The number of aliphatic hydroxyl groups excluding tert-OH is 1. The Morgan fingerprint density at radius 2 is 1.78 bits per heavy atom. The molecule has 0 spiro atoms. The van der Waals surface area contributed by atoms with Gasteiger partial charge in [-0.1, -0.05) is 96.8 Å². The van der Waals surface area contributed by atoms with Crippen molar-refractivity contribution in [2.75, 3.05) is 23.9 Å². The highest BCUT2D eigenvalue weighted by molar-refractivity contribution is 8.23. The van der Waals surface area contributed by atoms with Crippen LogP contribution in [0, 0.1) is 5.92 Å². The zero-order valence-electron chi connectivity index (χ0n) is 20.5. The Kier molecular flexibility index (Phi) is 10.4. The number of carbonyl (C=O) groups excluding carboxylic acids is 1. The highest BCUT2D eigenvalue weighted by Crippen LogP contribution is 2.48. The van der Waals surface area contributed by atoms with Crippen LogP contribution in [-0.2, 0) is 22.6 Å². The lowest BCUT2D eigenvalue weighted by Crippen LogP contribution is -2.47. The van der Waals surface area contributed by atoms with E-state index >= 15 is 0 Å². The molecule has 2 aromatic rings. The van der Waals surface area contributed by atoms with Gasteiger partial charge in [-0.2, -0.15) is 0 Å². The molecule has 0 radical (unpaired) electrons. The number of ether oxygens (including phenoxy) is 1. The molecule has 1 amide bonds. The molecule has 4 rings (SSSR count). The van der Waals surface area contributed by atoms with Gasteiger partial charge >= 0.3 is 0 Å². The van der Waals surface area contributed by atoms with Gasteiger partial charge < -0.3 is 9.84 Å². The van der Waals surface area contributed by atoms with Crippen molar-refractivity contribution < 1.29 is 14.6 Å². The van der Waals surface area contributed by atoms with Crippen molar-refractivity contribution in [2.24, 2.45) is 5.92 Å². The number of nitrogens with zero attached hydrogens (tertiary/aromatic N) is 1. The summed E-state index contributed by atoms with van der Waals surface area (Å²) in [5, 5.41) is 11.2. The normalized spacial score (nSPS) is 21.2. The van der Waals surface area contributed by atoms with Gasteiger partial charge in [0.2, 0.25) is 5.91 Å². The zero-order valence-corrected chi connectivity index (χ0v) is 23.7. The lowest BCUT2D eigenvalue weighted by molar-refractivity contribution is -0.135. The van der Waals surface area contributed by atoms with Gasteiger partial charge in [-0.25, -0.2) is 0 Å². The van der Waals surface area contributed by atoms with E-state index in [1.165, 1.54) is 5.56 Å². The number of carbonyl (C=O) groups is 1. The summed E-state index contributed by atoms with van der Waals surface area (Å²) < 4.78 is 6.26. The molecule has 192 valence electrons. The Bertz CT molecular complexity index is 1030. The summed E-state index contributed by atoms with van der Waals surface area (Å²) in [6.07, 6.45) is 4.00. The smallest absolute Gasteiger partial charge is 0.234 e. The van der Waals surface area contributed by atoms with E-state index < -0.39 is 12.0 Å². The Hall–Kier alpha value is -1.29. The van der Waals surface area contributed by atoms with E-state index in [1.54, 1.807) is 22.7 Å². The molecular weight excluding hydrogens is 527 g/mol. The zero-order chi connectivity index (χ0) is 25.4. The van der Waals surface area contributed by atoms with Gasteiger partial charge in [0.05, 0.1) is 35.4 Å². The first-order valence-corrected chi connectivity index (χ1v) is 15.6. The van der Waals surface area contributed by atoms with E-state index in [4.69, 9.17) is 17.0 Å². The van der Waals surface area contributed by atoms with Crippen molar-refractivity contribution in [2.45, 2.75) is 42.6 Å². The number of aliphatic hydroxyl groups is 1. The van der Waals surface area contributed by atoms with Crippen molar-refractivity contribution in [3.05, 3.63) is 83.9 Å². The topological polar surface area (TPSA) is 49.8 Å². The number of hydrogen-bond acceptors (Lipinski definition) is 7. The predicted molar refractivity (Wildman–Crippen MR) is 159 cm³/mol. The summed E-state index contributed by atoms with van der Waals surface area (Å²) in [5.41, 5.74) is 2.29. The van der Waals surface area contributed by atoms with Crippen molar-refractivity contribution in [3.8, 4) is 0 Å². The van der Waals surface area contributed by atoms with E-state index in [1.807, 2.05) is 78.1 Å². The Morgan fingerprint density at radius 3 is 2.44 bits per heavy atom. The first-order valence-electron chi connectivity index (χ1n) is 12.2. The first kappa shape index (κ1) is 27.7. The molecule has 8 heteroatoms.